The molecule has 5 heteroatoms. The van der Waals surface area contributed by atoms with Gasteiger partial charge < -0.3 is 14.2 Å². The second-order valence-electron chi connectivity index (χ2n) is 6.06. The van der Waals surface area contributed by atoms with Gasteiger partial charge in [0.05, 0.1) is 18.0 Å². The van der Waals surface area contributed by atoms with Gasteiger partial charge >= 0.3 is 0 Å². The molecular weight excluding hydrogens is 304 g/mol. The zero-order chi connectivity index (χ0) is 16.4. The summed E-state index contributed by atoms with van der Waals surface area (Å²) >= 11 is 0. The van der Waals surface area contributed by atoms with E-state index in [4.69, 9.17) is 8.83 Å². The Hall–Kier alpha value is -2.82. The quantitative estimate of drug-likeness (QED) is 0.748. The molecule has 1 amide bonds. The highest BCUT2D eigenvalue weighted by molar-refractivity contribution is 5.95. The summed E-state index contributed by atoms with van der Waals surface area (Å²) in [4.78, 5) is 16.9. The average molecular weight is 322 g/mol. The number of nitrogens with one attached hydrogen (secondary N) is 1. The van der Waals surface area contributed by atoms with Gasteiger partial charge in [0.15, 0.2) is 0 Å². The first kappa shape index (κ1) is 14.8. The number of aromatic nitrogens is 1. The zero-order valence-electron chi connectivity index (χ0n) is 13.1. The van der Waals surface area contributed by atoms with Crippen molar-refractivity contribution in [1.82, 2.24) is 10.3 Å². The zero-order valence-corrected chi connectivity index (χ0v) is 13.1. The van der Waals surface area contributed by atoms with Crippen LogP contribution < -0.4 is 5.32 Å². The Labute approximate surface area is 139 Å². The summed E-state index contributed by atoms with van der Waals surface area (Å²) in [5.74, 6) is 1.53. The van der Waals surface area contributed by atoms with Crippen LogP contribution in [0.3, 0.4) is 0 Å². The standard InChI is InChI=1S/C19H18N2O3/c22-18(15-8-10-23-17(15)14-6-7-14)21-16(19-20-9-11-24-19)12-13-4-2-1-3-5-13/h1-5,8-11,14,16H,6-7,12H2,(H,21,22). The van der Waals surface area contributed by atoms with Crippen molar-refractivity contribution >= 4 is 5.91 Å². The summed E-state index contributed by atoms with van der Waals surface area (Å²) in [6.45, 7) is 0. The van der Waals surface area contributed by atoms with E-state index in [0.29, 0.717) is 23.8 Å². The van der Waals surface area contributed by atoms with Gasteiger partial charge in [-0.05, 0) is 24.5 Å². The lowest BCUT2D eigenvalue weighted by molar-refractivity contribution is 0.0928. The molecule has 1 atom stereocenters. The fraction of sp³-hybridized carbons (Fsp3) is 0.263. The number of hydrogen-bond acceptors (Lipinski definition) is 4. The highest BCUT2D eigenvalue weighted by Gasteiger charge is 2.32. The molecule has 0 bridgehead atoms. The minimum Gasteiger partial charge on any atom is -0.468 e. The summed E-state index contributed by atoms with van der Waals surface area (Å²) in [6.07, 6.45) is 7.48. The molecule has 122 valence electrons. The van der Waals surface area contributed by atoms with Crippen molar-refractivity contribution in [1.29, 1.82) is 0 Å². The third-order valence-corrected chi connectivity index (χ3v) is 4.23. The van der Waals surface area contributed by atoms with Crippen LogP contribution in [-0.2, 0) is 6.42 Å². The summed E-state index contributed by atoms with van der Waals surface area (Å²) in [5, 5.41) is 3.04. The van der Waals surface area contributed by atoms with Crippen molar-refractivity contribution < 1.29 is 13.6 Å². The van der Waals surface area contributed by atoms with Crippen LogP contribution >= 0.6 is 0 Å². The Bertz CT molecular complexity index is 804. The first-order valence-corrected chi connectivity index (χ1v) is 8.13. The minimum absolute atomic E-state index is 0.148. The molecule has 1 N–H and O–H groups in total. The highest BCUT2D eigenvalue weighted by Crippen LogP contribution is 2.42. The van der Waals surface area contributed by atoms with Crippen molar-refractivity contribution in [2.45, 2.75) is 31.2 Å². The Morgan fingerprint density at radius 1 is 1.17 bits per heavy atom. The van der Waals surface area contributed by atoms with Crippen molar-refractivity contribution in [3.63, 3.8) is 0 Å². The number of carbonyl (C=O) groups excluding carboxylic acids is 1. The van der Waals surface area contributed by atoms with E-state index in [9.17, 15) is 4.79 Å². The normalized spacial score (nSPS) is 15.2. The molecule has 2 aromatic heterocycles. The van der Waals surface area contributed by atoms with E-state index in [1.165, 1.54) is 6.26 Å². The molecule has 24 heavy (non-hydrogen) atoms. The van der Waals surface area contributed by atoms with E-state index in [-0.39, 0.29) is 11.9 Å². The molecule has 1 fully saturated rings. The van der Waals surface area contributed by atoms with Gasteiger partial charge in [-0.1, -0.05) is 30.3 Å². The molecule has 1 aliphatic rings. The fourth-order valence-corrected chi connectivity index (χ4v) is 2.86. The molecule has 2 heterocycles. The summed E-state index contributed by atoms with van der Waals surface area (Å²) < 4.78 is 10.9. The van der Waals surface area contributed by atoms with Crippen molar-refractivity contribution in [3.05, 3.63) is 77.9 Å². The smallest absolute Gasteiger partial charge is 0.255 e. The first-order valence-electron chi connectivity index (χ1n) is 8.13. The molecule has 1 aliphatic carbocycles. The van der Waals surface area contributed by atoms with Gasteiger partial charge in [-0.3, -0.25) is 4.79 Å². The minimum atomic E-state index is -0.322. The Kier molecular flexibility index (Phi) is 3.91. The number of amides is 1. The van der Waals surface area contributed by atoms with Gasteiger partial charge in [-0.2, -0.15) is 0 Å². The van der Waals surface area contributed by atoms with Crippen molar-refractivity contribution in [2.75, 3.05) is 0 Å². The molecule has 1 unspecified atom stereocenters. The summed E-state index contributed by atoms with van der Waals surface area (Å²) in [5.41, 5.74) is 1.72. The Morgan fingerprint density at radius 3 is 2.71 bits per heavy atom. The van der Waals surface area contributed by atoms with E-state index >= 15 is 0 Å². The lowest BCUT2D eigenvalue weighted by Crippen LogP contribution is -2.30. The second-order valence-corrected chi connectivity index (χ2v) is 6.06. The van der Waals surface area contributed by atoms with E-state index in [1.807, 2.05) is 30.3 Å². The molecule has 0 radical (unpaired) electrons. The summed E-state index contributed by atoms with van der Waals surface area (Å²) in [6, 6.07) is 11.4. The van der Waals surface area contributed by atoms with Gasteiger partial charge in [0.2, 0.25) is 5.89 Å². The molecular formula is C19H18N2O3. The van der Waals surface area contributed by atoms with E-state index in [1.54, 1.807) is 18.5 Å². The fourth-order valence-electron chi connectivity index (χ4n) is 2.86. The molecule has 4 rings (SSSR count). The largest absolute Gasteiger partial charge is 0.468 e. The molecule has 1 aromatic carbocycles. The predicted molar refractivity (Wildman–Crippen MR) is 87.5 cm³/mol. The second kappa shape index (κ2) is 6.35. The maximum atomic E-state index is 12.7. The molecule has 0 saturated heterocycles. The maximum Gasteiger partial charge on any atom is 0.255 e. The number of benzene rings is 1. The van der Waals surface area contributed by atoms with Crippen molar-refractivity contribution in [2.24, 2.45) is 0 Å². The third-order valence-electron chi connectivity index (χ3n) is 4.23. The first-order chi connectivity index (χ1) is 11.8. The lowest BCUT2D eigenvalue weighted by Gasteiger charge is -2.16. The molecule has 0 spiro atoms. The van der Waals surface area contributed by atoms with Crippen LogP contribution in [0, 0.1) is 0 Å². The highest BCUT2D eigenvalue weighted by atomic mass is 16.3. The number of hydrogen-bond donors (Lipinski definition) is 1. The van der Waals surface area contributed by atoms with E-state index < -0.39 is 0 Å². The Morgan fingerprint density at radius 2 is 2.00 bits per heavy atom. The number of oxazole rings is 1. The van der Waals surface area contributed by atoms with Crippen LogP contribution in [0.2, 0.25) is 0 Å². The van der Waals surface area contributed by atoms with E-state index in [2.05, 4.69) is 10.3 Å². The number of nitrogens with zero attached hydrogens (tertiary/aromatic N) is 1. The third kappa shape index (κ3) is 3.11. The van der Waals surface area contributed by atoms with Gasteiger partial charge in [0.25, 0.3) is 5.91 Å². The monoisotopic (exact) mass is 322 g/mol. The average Bonchev–Trinajstić information content (AvgIpc) is 3.12. The lowest BCUT2D eigenvalue weighted by atomic mass is 10.0. The van der Waals surface area contributed by atoms with Crippen LogP contribution in [0.1, 0.15) is 52.4 Å². The molecule has 3 aromatic rings. The van der Waals surface area contributed by atoms with Crippen LogP contribution in [0.25, 0.3) is 0 Å². The van der Waals surface area contributed by atoms with Crippen LogP contribution in [0.15, 0.2) is 64.0 Å². The molecule has 5 nitrogen and oxygen atoms in total. The van der Waals surface area contributed by atoms with Gasteiger partial charge in [-0.25, -0.2) is 4.98 Å². The number of carbonyl (C=O) groups is 1. The number of rotatable bonds is 6. The maximum absolute atomic E-state index is 12.7. The van der Waals surface area contributed by atoms with Crippen LogP contribution in [0.5, 0.6) is 0 Å². The molecule has 0 aliphatic heterocycles. The Balaban J connectivity index is 1.55. The summed E-state index contributed by atoms with van der Waals surface area (Å²) in [7, 11) is 0. The van der Waals surface area contributed by atoms with Crippen LogP contribution in [-0.4, -0.2) is 10.9 Å². The van der Waals surface area contributed by atoms with Gasteiger partial charge in [-0.15, -0.1) is 0 Å². The topological polar surface area (TPSA) is 68.3 Å². The van der Waals surface area contributed by atoms with Gasteiger partial charge in [0.1, 0.15) is 18.1 Å². The number of furan rings is 1. The van der Waals surface area contributed by atoms with Crippen molar-refractivity contribution in [3.8, 4) is 0 Å². The molecule has 1 saturated carbocycles. The SMILES string of the molecule is O=C(NC(Cc1ccccc1)c1ncco1)c1ccoc1C1CC1. The predicted octanol–water partition coefficient (Wildman–Crippen LogP) is 3.86. The van der Waals surface area contributed by atoms with Gasteiger partial charge in [0, 0.05) is 12.3 Å². The van der Waals surface area contributed by atoms with Crippen LogP contribution in [0.4, 0.5) is 0 Å². The van der Waals surface area contributed by atoms with E-state index in [0.717, 1.165) is 24.2 Å².